The van der Waals surface area contributed by atoms with Crippen molar-refractivity contribution in [1.82, 2.24) is 4.98 Å². The molecule has 1 aromatic carbocycles. The highest BCUT2D eigenvalue weighted by atomic mass is 16.3. The number of fused-ring (bicyclic) bond motifs is 1. The molecule has 0 atom stereocenters. The van der Waals surface area contributed by atoms with Gasteiger partial charge < -0.3 is 10.2 Å². The zero-order valence-electron chi connectivity index (χ0n) is 7.86. The van der Waals surface area contributed by atoms with Crippen LogP contribution in [-0.2, 0) is 6.42 Å². The standard InChI is InChI=1S/C11H12N2O/c12-8-3-4-9-10(6-8)14-11(13-9)5-7-1-2-7/h3-4,6-7H,1-2,5,12H2. The van der Waals surface area contributed by atoms with Crippen LogP contribution in [0.1, 0.15) is 18.7 Å². The van der Waals surface area contributed by atoms with Crippen molar-refractivity contribution >= 4 is 16.8 Å². The van der Waals surface area contributed by atoms with Crippen molar-refractivity contribution < 1.29 is 4.42 Å². The second-order valence-corrected chi connectivity index (χ2v) is 3.98. The lowest BCUT2D eigenvalue weighted by molar-refractivity contribution is 0.514. The van der Waals surface area contributed by atoms with Gasteiger partial charge in [0.05, 0.1) is 0 Å². The van der Waals surface area contributed by atoms with Gasteiger partial charge in [0.25, 0.3) is 0 Å². The van der Waals surface area contributed by atoms with Gasteiger partial charge in [-0.15, -0.1) is 0 Å². The van der Waals surface area contributed by atoms with Crippen molar-refractivity contribution in [3.8, 4) is 0 Å². The minimum Gasteiger partial charge on any atom is -0.441 e. The maximum atomic E-state index is 5.66. The molecule has 72 valence electrons. The van der Waals surface area contributed by atoms with Crippen LogP contribution in [0.2, 0.25) is 0 Å². The fourth-order valence-corrected chi connectivity index (χ4v) is 1.65. The fourth-order valence-electron chi connectivity index (χ4n) is 1.65. The van der Waals surface area contributed by atoms with E-state index in [1.807, 2.05) is 18.2 Å². The van der Waals surface area contributed by atoms with Gasteiger partial charge in [0.15, 0.2) is 11.5 Å². The fraction of sp³-hybridized carbons (Fsp3) is 0.364. The molecule has 1 heterocycles. The van der Waals surface area contributed by atoms with Crippen molar-refractivity contribution in [3.05, 3.63) is 24.1 Å². The van der Waals surface area contributed by atoms with Gasteiger partial charge >= 0.3 is 0 Å². The molecule has 0 bridgehead atoms. The summed E-state index contributed by atoms with van der Waals surface area (Å²) in [4.78, 5) is 4.41. The predicted molar refractivity (Wildman–Crippen MR) is 54.8 cm³/mol. The summed E-state index contributed by atoms with van der Waals surface area (Å²) in [6, 6.07) is 5.59. The number of nitrogen functional groups attached to an aromatic ring is 1. The molecule has 0 spiro atoms. The first kappa shape index (κ1) is 7.85. The first-order chi connectivity index (χ1) is 6.81. The van der Waals surface area contributed by atoms with E-state index in [0.717, 1.165) is 35.0 Å². The first-order valence-corrected chi connectivity index (χ1v) is 4.96. The number of benzene rings is 1. The lowest BCUT2D eigenvalue weighted by Crippen LogP contribution is -1.85. The van der Waals surface area contributed by atoms with Crippen molar-refractivity contribution in [3.63, 3.8) is 0 Å². The van der Waals surface area contributed by atoms with Gasteiger partial charge in [0.2, 0.25) is 0 Å². The molecular formula is C11H12N2O. The normalized spacial score (nSPS) is 16.3. The quantitative estimate of drug-likeness (QED) is 0.736. The van der Waals surface area contributed by atoms with Gasteiger partial charge in [-0.2, -0.15) is 0 Å². The minimum absolute atomic E-state index is 0.728. The Balaban J connectivity index is 2.01. The summed E-state index contributed by atoms with van der Waals surface area (Å²) >= 11 is 0. The molecule has 0 saturated heterocycles. The third-order valence-corrected chi connectivity index (χ3v) is 2.62. The Morgan fingerprint density at radius 1 is 1.43 bits per heavy atom. The van der Waals surface area contributed by atoms with Crippen LogP contribution in [0.25, 0.3) is 11.1 Å². The zero-order valence-corrected chi connectivity index (χ0v) is 7.86. The smallest absolute Gasteiger partial charge is 0.195 e. The zero-order chi connectivity index (χ0) is 9.54. The Hall–Kier alpha value is -1.51. The van der Waals surface area contributed by atoms with Crippen LogP contribution in [0.15, 0.2) is 22.6 Å². The maximum Gasteiger partial charge on any atom is 0.195 e. The van der Waals surface area contributed by atoms with Crippen LogP contribution in [0.4, 0.5) is 5.69 Å². The summed E-state index contributed by atoms with van der Waals surface area (Å²) in [6.07, 6.45) is 3.62. The average molecular weight is 188 g/mol. The molecule has 0 radical (unpaired) electrons. The number of hydrogen-bond acceptors (Lipinski definition) is 3. The van der Waals surface area contributed by atoms with Crippen molar-refractivity contribution in [2.45, 2.75) is 19.3 Å². The third kappa shape index (κ3) is 1.35. The molecule has 14 heavy (non-hydrogen) atoms. The molecule has 2 aromatic rings. The van der Waals surface area contributed by atoms with Gasteiger partial charge in [-0.3, -0.25) is 0 Å². The van der Waals surface area contributed by atoms with Crippen LogP contribution < -0.4 is 5.73 Å². The molecule has 0 unspecified atom stereocenters. The van der Waals surface area contributed by atoms with E-state index in [-0.39, 0.29) is 0 Å². The summed E-state index contributed by atoms with van der Waals surface area (Å²) < 4.78 is 5.61. The molecule has 1 aromatic heterocycles. The van der Waals surface area contributed by atoms with Gasteiger partial charge in [-0.1, -0.05) is 0 Å². The van der Waals surface area contributed by atoms with Crippen molar-refractivity contribution in [2.24, 2.45) is 5.92 Å². The average Bonchev–Trinajstić information content (AvgIpc) is 2.84. The van der Waals surface area contributed by atoms with Crippen LogP contribution in [0, 0.1) is 5.92 Å². The van der Waals surface area contributed by atoms with Crippen LogP contribution in [-0.4, -0.2) is 4.98 Å². The highest BCUT2D eigenvalue weighted by Gasteiger charge is 2.23. The second-order valence-electron chi connectivity index (χ2n) is 3.98. The third-order valence-electron chi connectivity index (χ3n) is 2.62. The van der Waals surface area contributed by atoms with Crippen LogP contribution >= 0.6 is 0 Å². The Labute approximate surface area is 81.9 Å². The lowest BCUT2D eigenvalue weighted by atomic mass is 10.3. The van der Waals surface area contributed by atoms with Gasteiger partial charge in [-0.25, -0.2) is 4.98 Å². The van der Waals surface area contributed by atoms with E-state index in [1.165, 1.54) is 12.8 Å². The molecule has 0 aliphatic heterocycles. The summed E-state index contributed by atoms with van der Waals surface area (Å²) in [5.41, 5.74) is 8.11. The number of aromatic nitrogens is 1. The maximum absolute atomic E-state index is 5.66. The Morgan fingerprint density at radius 3 is 3.07 bits per heavy atom. The summed E-state index contributed by atoms with van der Waals surface area (Å²) in [6.45, 7) is 0. The summed E-state index contributed by atoms with van der Waals surface area (Å²) in [7, 11) is 0. The molecule has 1 aliphatic rings. The van der Waals surface area contributed by atoms with E-state index in [2.05, 4.69) is 4.98 Å². The topological polar surface area (TPSA) is 52.0 Å². The van der Waals surface area contributed by atoms with E-state index in [1.54, 1.807) is 0 Å². The van der Waals surface area contributed by atoms with Crippen LogP contribution in [0.5, 0.6) is 0 Å². The van der Waals surface area contributed by atoms with E-state index in [0.29, 0.717) is 0 Å². The van der Waals surface area contributed by atoms with Gasteiger partial charge in [0.1, 0.15) is 5.52 Å². The van der Waals surface area contributed by atoms with Crippen LogP contribution in [0.3, 0.4) is 0 Å². The van der Waals surface area contributed by atoms with E-state index >= 15 is 0 Å². The molecule has 1 saturated carbocycles. The molecule has 3 rings (SSSR count). The molecule has 2 N–H and O–H groups in total. The minimum atomic E-state index is 0.728. The molecule has 1 fully saturated rings. The van der Waals surface area contributed by atoms with E-state index in [9.17, 15) is 0 Å². The van der Waals surface area contributed by atoms with Crippen molar-refractivity contribution in [2.75, 3.05) is 5.73 Å². The van der Waals surface area contributed by atoms with Gasteiger partial charge in [-0.05, 0) is 30.9 Å². The highest BCUT2D eigenvalue weighted by Crippen LogP contribution is 2.33. The number of oxazole rings is 1. The number of rotatable bonds is 2. The predicted octanol–water partition coefficient (Wildman–Crippen LogP) is 2.36. The van der Waals surface area contributed by atoms with Gasteiger partial charge in [0, 0.05) is 18.2 Å². The lowest BCUT2D eigenvalue weighted by Gasteiger charge is -1.89. The molecule has 1 aliphatic carbocycles. The monoisotopic (exact) mass is 188 g/mol. The molecule has 3 nitrogen and oxygen atoms in total. The number of hydrogen-bond donors (Lipinski definition) is 1. The number of nitrogens with zero attached hydrogens (tertiary/aromatic N) is 1. The highest BCUT2D eigenvalue weighted by molar-refractivity contribution is 5.76. The summed E-state index contributed by atoms with van der Waals surface area (Å²) in [5.74, 6) is 1.66. The molecule has 0 amide bonds. The number of anilines is 1. The Kier molecular flexibility index (Phi) is 1.54. The van der Waals surface area contributed by atoms with Crippen molar-refractivity contribution in [1.29, 1.82) is 0 Å². The van der Waals surface area contributed by atoms with E-state index in [4.69, 9.17) is 10.2 Å². The van der Waals surface area contributed by atoms with E-state index < -0.39 is 0 Å². The summed E-state index contributed by atoms with van der Waals surface area (Å²) in [5, 5.41) is 0. The number of nitrogens with two attached hydrogens (primary N) is 1. The Bertz CT molecular complexity index is 471. The first-order valence-electron chi connectivity index (χ1n) is 4.96. The SMILES string of the molecule is Nc1ccc2nc(CC3CC3)oc2c1. The second kappa shape index (κ2) is 2.74. The Morgan fingerprint density at radius 2 is 2.29 bits per heavy atom. The molecular weight excluding hydrogens is 176 g/mol. The largest absolute Gasteiger partial charge is 0.441 e. The molecule has 3 heteroatoms.